The summed E-state index contributed by atoms with van der Waals surface area (Å²) in [4.78, 5) is 0. The Morgan fingerprint density at radius 3 is 2.59 bits per heavy atom. The number of nitrogens with zero attached hydrogens (tertiary/aromatic N) is 1. The summed E-state index contributed by atoms with van der Waals surface area (Å²) in [6.07, 6.45) is 6.52. The van der Waals surface area contributed by atoms with Gasteiger partial charge in [0.25, 0.3) is 5.69 Å². The smallest absolute Gasteiger partial charge is 0.257 e. The summed E-state index contributed by atoms with van der Waals surface area (Å²) in [6, 6.07) is 19.8. The lowest BCUT2D eigenvalue weighted by molar-refractivity contribution is -0.633. The van der Waals surface area contributed by atoms with E-state index in [1.807, 2.05) is 0 Å². The highest BCUT2D eigenvalue weighted by Gasteiger charge is 2.36. The van der Waals surface area contributed by atoms with E-state index in [2.05, 4.69) is 73.1 Å². The predicted octanol–water partition coefficient (Wildman–Crippen LogP) is 6.95. The van der Waals surface area contributed by atoms with Crippen molar-refractivity contribution >= 4 is 21.7 Å². The first-order valence-electron chi connectivity index (χ1n) is 10.9. The van der Waals surface area contributed by atoms with Crippen LogP contribution in [-0.2, 0) is 7.05 Å². The van der Waals surface area contributed by atoms with E-state index >= 15 is 0 Å². The van der Waals surface area contributed by atoms with Gasteiger partial charge in [0, 0.05) is 17.0 Å². The van der Waals surface area contributed by atoms with Crippen LogP contribution in [0.4, 0.5) is 0 Å². The first-order valence-corrected chi connectivity index (χ1v) is 10.9. The molecule has 0 bridgehead atoms. The van der Waals surface area contributed by atoms with Gasteiger partial charge in [-0.25, -0.2) is 0 Å². The molecule has 1 aliphatic carbocycles. The van der Waals surface area contributed by atoms with Gasteiger partial charge in [0.05, 0.1) is 10.9 Å². The van der Waals surface area contributed by atoms with Gasteiger partial charge in [0.1, 0.15) is 12.8 Å². The van der Waals surface area contributed by atoms with E-state index in [9.17, 15) is 0 Å². The Morgan fingerprint density at radius 2 is 1.72 bits per heavy atom. The molecule has 0 radical (unpaired) electrons. The molecule has 144 valence electrons. The maximum Gasteiger partial charge on any atom is 0.257 e. The fraction of sp³-hybridized carbons (Fsp3) is 0.296. The zero-order valence-corrected chi connectivity index (χ0v) is 17.2. The van der Waals surface area contributed by atoms with Gasteiger partial charge in [0.2, 0.25) is 11.3 Å². The molecule has 3 aromatic carbocycles. The van der Waals surface area contributed by atoms with Crippen LogP contribution in [0, 0.1) is 6.92 Å². The number of rotatable bonds is 1. The average molecular weight is 381 g/mol. The van der Waals surface area contributed by atoms with E-state index in [1.165, 1.54) is 76.2 Å². The molecule has 4 aromatic rings. The number of benzene rings is 3. The van der Waals surface area contributed by atoms with Gasteiger partial charge in [-0.05, 0) is 48.8 Å². The Labute approximate surface area is 171 Å². The van der Waals surface area contributed by atoms with Crippen LogP contribution in [0.25, 0.3) is 32.9 Å². The molecule has 2 heteroatoms. The van der Waals surface area contributed by atoms with Crippen LogP contribution in [-0.4, -0.2) is 0 Å². The molecular formula is C27H26NO+. The second-order valence-corrected chi connectivity index (χ2v) is 8.72. The van der Waals surface area contributed by atoms with Gasteiger partial charge in [-0.2, -0.15) is 4.57 Å². The molecule has 2 aliphatic rings. The monoisotopic (exact) mass is 380 g/mol. The van der Waals surface area contributed by atoms with E-state index in [1.54, 1.807) is 0 Å². The first-order chi connectivity index (χ1) is 14.2. The van der Waals surface area contributed by atoms with Crippen LogP contribution < -0.4 is 9.30 Å². The molecule has 0 amide bonds. The number of para-hydroxylation sites is 1. The van der Waals surface area contributed by atoms with E-state index < -0.39 is 0 Å². The lowest BCUT2D eigenvalue weighted by atomic mass is 9.80. The summed E-state index contributed by atoms with van der Waals surface area (Å²) in [6.45, 7) is 2.23. The number of aryl methyl sites for hydroxylation is 2. The lowest BCUT2D eigenvalue weighted by Gasteiger charge is -2.28. The zero-order valence-electron chi connectivity index (χ0n) is 17.2. The van der Waals surface area contributed by atoms with Gasteiger partial charge in [-0.1, -0.05) is 55.7 Å². The number of hydrogen-bond acceptors (Lipinski definition) is 1. The normalized spacial score (nSPS) is 16.1. The molecule has 1 aromatic heterocycles. The van der Waals surface area contributed by atoms with Crippen molar-refractivity contribution in [1.82, 2.24) is 0 Å². The molecule has 6 rings (SSSR count). The topological polar surface area (TPSA) is 13.1 Å². The van der Waals surface area contributed by atoms with Gasteiger partial charge < -0.3 is 4.74 Å². The van der Waals surface area contributed by atoms with Crippen LogP contribution in [0.1, 0.15) is 49.1 Å². The molecule has 1 saturated carbocycles. The SMILES string of the molecule is Cc1ccc2cccc3c2c1-c1c(c(C2CCCCC2)c2ccccc2[n+]1C)O3. The van der Waals surface area contributed by atoms with Crippen molar-refractivity contribution < 1.29 is 9.30 Å². The molecule has 1 aliphatic heterocycles. The van der Waals surface area contributed by atoms with Crippen molar-refractivity contribution in [3.63, 3.8) is 0 Å². The minimum absolute atomic E-state index is 0.577. The summed E-state index contributed by atoms with van der Waals surface area (Å²) < 4.78 is 9.11. The lowest BCUT2D eigenvalue weighted by Crippen LogP contribution is -2.34. The van der Waals surface area contributed by atoms with E-state index in [0.717, 1.165) is 11.5 Å². The van der Waals surface area contributed by atoms with Gasteiger partial charge in [0.15, 0.2) is 0 Å². The highest BCUT2D eigenvalue weighted by atomic mass is 16.5. The van der Waals surface area contributed by atoms with E-state index in [4.69, 9.17) is 4.74 Å². The minimum atomic E-state index is 0.577. The standard InChI is InChI=1S/C27H26NO/c1-17-15-16-19-11-8-14-22-25(19)23(17)26-27(29-22)24(18-9-4-3-5-10-18)20-12-6-7-13-21(20)28(26)2/h6-8,11-16,18H,3-5,9-10H2,1-2H3/q+1. The first kappa shape index (κ1) is 17.0. The Bertz CT molecular complexity index is 1280. The van der Waals surface area contributed by atoms with Crippen molar-refractivity contribution in [3.05, 3.63) is 65.7 Å². The van der Waals surface area contributed by atoms with Crippen molar-refractivity contribution in [3.8, 4) is 22.8 Å². The third-order valence-corrected chi connectivity index (χ3v) is 7.03. The van der Waals surface area contributed by atoms with Gasteiger partial charge >= 0.3 is 0 Å². The molecular weight excluding hydrogens is 354 g/mol. The van der Waals surface area contributed by atoms with E-state index in [0.29, 0.717) is 5.92 Å². The van der Waals surface area contributed by atoms with Crippen molar-refractivity contribution in [2.24, 2.45) is 7.05 Å². The Kier molecular flexibility index (Phi) is 3.71. The zero-order chi connectivity index (χ0) is 19.5. The average Bonchev–Trinajstić information content (AvgIpc) is 2.76. The second kappa shape index (κ2) is 6.32. The summed E-state index contributed by atoms with van der Waals surface area (Å²) in [7, 11) is 2.20. The van der Waals surface area contributed by atoms with Crippen molar-refractivity contribution in [1.29, 1.82) is 0 Å². The van der Waals surface area contributed by atoms with Gasteiger partial charge in [-0.15, -0.1) is 0 Å². The summed E-state index contributed by atoms with van der Waals surface area (Å²) >= 11 is 0. The Hall–Kier alpha value is -2.87. The number of hydrogen-bond donors (Lipinski definition) is 0. The van der Waals surface area contributed by atoms with Gasteiger partial charge in [-0.3, -0.25) is 0 Å². The van der Waals surface area contributed by atoms with Crippen LogP contribution in [0.15, 0.2) is 54.6 Å². The van der Waals surface area contributed by atoms with Crippen molar-refractivity contribution in [2.45, 2.75) is 44.9 Å². The molecule has 0 atom stereocenters. The van der Waals surface area contributed by atoms with Crippen LogP contribution in [0.2, 0.25) is 0 Å². The fourth-order valence-corrected chi connectivity index (χ4v) is 5.65. The Morgan fingerprint density at radius 1 is 0.897 bits per heavy atom. The second-order valence-electron chi connectivity index (χ2n) is 8.72. The third kappa shape index (κ3) is 2.38. The molecule has 1 fully saturated rings. The molecule has 0 N–H and O–H groups in total. The molecule has 0 spiro atoms. The molecule has 0 saturated heterocycles. The molecule has 2 nitrogen and oxygen atoms in total. The maximum atomic E-state index is 6.76. The minimum Gasteiger partial charge on any atom is -0.449 e. The van der Waals surface area contributed by atoms with Crippen LogP contribution in [0.5, 0.6) is 11.5 Å². The number of aromatic nitrogens is 1. The molecule has 2 heterocycles. The summed E-state index contributed by atoms with van der Waals surface area (Å²) in [5.74, 6) is 2.67. The summed E-state index contributed by atoms with van der Waals surface area (Å²) in [5.41, 5.74) is 6.62. The maximum absolute atomic E-state index is 6.76. The number of ether oxygens (including phenoxy) is 1. The highest BCUT2D eigenvalue weighted by Crippen LogP contribution is 2.52. The third-order valence-electron chi connectivity index (χ3n) is 7.03. The predicted molar refractivity (Wildman–Crippen MR) is 119 cm³/mol. The Balaban J connectivity index is 1.78. The number of pyridine rings is 1. The van der Waals surface area contributed by atoms with Crippen molar-refractivity contribution in [2.75, 3.05) is 0 Å². The largest absolute Gasteiger partial charge is 0.449 e. The summed E-state index contributed by atoms with van der Waals surface area (Å²) in [5, 5.41) is 3.85. The van der Waals surface area contributed by atoms with Crippen LogP contribution >= 0.6 is 0 Å². The quantitative estimate of drug-likeness (QED) is 0.287. The highest BCUT2D eigenvalue weighted by molar-refractivity contribution is 6.05. The number of fused-ring (bicyclic) bond motifs is 3. The molecule has 0 unspecified atom stereocenters. The van der Waals surface area contributed by atoms with E-state index in [-0.39, 0.29) is 0 Å². The van der Waals surface area contributed by atoms with Crippen LogP contribution in [0.3, 0.4) is 0 Å². The molecule has 29 heavy (non-hydrogen) atoms. The fourth-order valence-electron chi connectivity index (χ4n) is 5.65.